The van der Waals surface area contributed by atoms with Gasteiger partial charge in [0.2, 0.25) is 0 Å². The van der Waals surface area contributed by atoms with Crippen molar-refractivity contribution in [3.63, 3.8) is 0 Å². The van der Waals surface area contributed by atoms with Gasteiger partial charge in [-0.15, -0.1) is 0 Å². The molecule has 3 aromatic heterocycles. The Morgan fingerprint density at radius 3 is 2.02 bits per heavy atom. The van der Waals surface area contributed by atoms with Crippen molar-refractivity contribution in [3.8, 4) is 17.3 Å². The van der Waals surface area contributed by atoms with Crippen molar-refractivity contribution < 1.29 is 9.15 Å². The molecule has 0 unspecified atom stereocenters. The van der Waals surface area contributed by atoms with E-state index in [1.807, 2.05) is 24.4 Å². The molecule has 6 heteroatoms. The Morgan fingerprint density at radius 1 is 0.569 bits per heavy atom. The van der Waals surface area contributed by atoms with Crippen LogP contribution in [0.2, 0.25) is 0 Å². The lowest BCUT2D eigenvalue weighted by molar-refractivity contribution is 0.237. The predicted molar refractivity (Wildman–Crippen MR) is 240 cm³/mol. The Kier molecular flexibility index (Phi) is 8.24. The van der Waals surface area contributed by atoms with E-state index in [2.05, 4.69) is 189 Å². The maximum Gasteiger partial charge on any atom is 0.137 e. The molecule has 0 amide bonds. The zero-order valence-electron chi connectivity index (χ0n) is 33.8. The number of pyridine rings is 1. The molecular weight excluding hydrogens is 713 g/mol. The van der Waals surface area contributed by atoms with Crippen LogP contribution in [0.4, 0.5) is 5.69 Å². The number of anilines is 1. The highest BCUT2D eigenvalue weighted by atomic mass is 16.5. The van der Waals surface area contributed by atoms with Crippen LogP contribution in [0, 0.1) is 0 Å². The van der Waals surface area contributed by atoms with E-state index in [0.717, 1.165) is 66.7 Å². The van der Waals surface area contributed by atoms with Gasteiger partial charge in [-0.3, -0.25) is 4.57 Å². The molecular formula is C52H46N4O2. The summed E-state index contributed by atoms with van der Waals surface area (Å²) in [6.07, 6.45) is 1.92. The summed E-state index contributed by atoms with van der Waals surface area (Å²) in [5.41, 5.74) is 10.7. The first-order valence-corrected chi connectivity index (χ1v) is 20.1. The molecule has 9 aromatic rings. The summed E-state index contributed by atoms with van der Waals surface area (Å²) in [4.78, 5) is 9.89. The van der Waals surface area contributed by atoms with Crippen molar-refractivity contribution in [1.29, 1.82) is 0 Å². The molecule has 0 saturated heterocycles. The number of para-hydroxylation sites is 1. The van der Waals surface area contributed by atoms with Gasteiger partial charge in [-0.05, 0) is 86.3 Å². The smallest absolute Gasteiger partial charge is 0.137 e. The van der Waals surface area contributed by atoms with Gasteiger partial charge >= 0.3 is 0 Å². The van der Waals surface area contributed by atoms with E-state index in [0.29, 0.717) is 6.67 Å². The van der Waals surface area contributed by atoms with Crippen LogP contribution in [0.1, 0.15) is 58.2 Å². The summed E-state index contributed by atoms with van der Waals surface area (Å²) in [5.74, 6) is 2.37. The first-order valence-electron chi connectivity index (χ1n) is 20.1. The highest BCUT2D eigenvalue weighted by Crippen LogP contribution is 2.46. The fourth-order valence-corrected chi connectivity index (χ4v) is 8.54. The second kappa shape index (κ2) is 13.4. The number of hydrogen-bond acceptors (Lipinski definition) is 5. The van der Waals surface area contributed by atoms with Crippen LogP contribution in [0.5, 0.6) is 11.5 Å². The lowest BCUT2D eigenvalue weighted by Gasteiger charge is -2.36. The van der Waals surface area contributed by atoms with E-state index in [4.69, 9.17) is 14.1 Å². The molecule has 6 nitrogen and oxygen atoms in total. The minimum atomic E-state index is -0.127. The maximum absolute atomic E-state index is 6.83. The summed E-state index contributed by atoms with van der Waals surface area (Å²) >= 11 is 0. The van der Waals surface area contributed by atoms with E-state index in [-0.39, 0.29) is 11.0 Å². The number of aromatic nitrogens is 2. The number of benzene rings is 6. The van der Waals surface area contributed by atoms with Crippen molar-refractivity contribution in [2.24, 2.45) is 0 Å². The molecule has 0 spiro atoms. The standard InChI is InChI=1S/C52H46N4O2/c1-51(2,3)36-28-29-53-46(30-36)56-42-26-27-45-48(41-22-13-14-23-44(41)58-45)47(42)40-25-24-39(32-43(40)56)57-38-21-15-20-37(31-38)54-33-55(52(4,5)6)50(35-18-11-8-12-19-35)49(54)34-16-9-7-10-17-34/h7-32H,33H2,1-6H3. The van der Waals surface area contributed by atoms with Gasteiger partial charge in [0, 0.05) is 62.2 Å². The van der Waals surface area contributed by atoms with Gasteiger partial charge in [0.15, 0.2) is 0 Å². The van der Waals surface area contributed by atoms with Crippen molar-refractivity contribution in [2.75, 3.05) is 11.6 Å². The number of nitrogens with zero attached hydrogens (tertiary/aromatic N) is 4. The Morgan fingerprint density at radius 2 is 1.28 bits per heavy atom. The highest BCUT2D eigenvalue weighted by molar-refractivity contribution is 6.27. The average Bonchev–Trinajstić information content (AvgIpc) is 3.91. The molecule has 4 heterocycles. The number of fused-ring (bicyclic) bond motifs is 7. The largest absolute Gasteiger partial charge is 0.457 e. The van der Waals surface area contributed by atoms with Gasteiger partial charge in [-0.2, -0.15) is 0 Å². The predicted octanol–water partition coefficient (Wildman–Crippen LogP) is 13.6. The lowest BCUT2D eigenvalue weighted by Crippen LogP contribution is -2.41. The van der Waals surface area contributed by atoms with Crippen LogP contribution < -0.4 is 9.64 Å². The molecule has 1 aliphatic heterocycles. The first-order chi connectivity index (χ1) is 28.0. The molecule has 0 bridgehead atoms. The minimum absolute atomic E-state index is 0.0412. The molecule has 0 aliphatic carbocycles. The number of hydrogen-bond donors (Lipinski definition) is 0. The molecule has 0 radical (unpaired) electrons. The second-order valence-electron chi connectivity index (χ2n) is 17.3. The number of ether oxygens (including phenoxy) is 1. The highest BCUT2D eigenvalue weighted by Gasteiger charge is 2.37. The van der Waals surface area contributed by atoms with Crippen molar-refractivity contribution >= 4 is 60.8 Å². The zero-order chi connectivity index (χ0) is 39.8. The third-order valence-corrected chi connectivity index (χ3v) is 11.4. The van der Waals surface area contributed by atoms with Gasteiger partial charge in [-0.25, -0.2) is 4.98 Å². The molecule has 0 fully saturated rings. The molecule has 10 rings (SSSR count). The zero-order valence-corrected chi connectivity index (χ0v) is 33.8. The van der Waals surface area contributed by atoms with Crippen LogP contribution in [0.15, 0.2) is 162 Å². The van der Waals surface area contributed by atoms with Crippen LogP contribution in [-0.4, -0.2) is 26.7 Å². The Labute approximate surface area is 339 Å². The molecule has 6 aromatic carbocycles. The molecule has 286 valence electrons. The summed E-state index contributed by atoms with van der Waals surface area (Å²) in [5, 5.41) is 4.46. The molecule has 58 heavy (non-hydrogen) atoms. The molecule has 0 saturated carbocycles. The lowest BCUT2D eigenvalue weighted by atomic mass is 9.88. The Hall–Kier alpha value is -6.79. The summed E-state index contributed by atoms with van der Waals surface area (Å²) in [7, 11) is 0. The van der Waals surface area contributed by atoms with E-state index < -0.39 is 0 Å². The quantitative estimate of drug-likeness (QED) is 0.169. The van der Waals surface area contributed by atoms with Crippen LogP contribution >= 0.6 is 0 Å². The monoisotopic (exact) mass is 758 g/mol. The SMILES string of the molecule is CC(C)(C)c1ccnc(-n2c3cc(Oc4cccc(N5CN(C(C)(C)C)C(c6ccccc6)=C5c5ccccc5)c4)ccc3c3c4c(ccc32)oc2ccccc24)c1. The molecule has 1 aliphatic rings. The average molecular weight is 759 g/mol. The summed E-state index contributed by atoms with van der Waals surface area (Å²) in [6.45, 7) is 14.3. The van der Waals surface area contributed by atoms with Crippen molar-refractivity contribution in [1.82, 2.24) is 14.5 Å². The normalized spacial score (nSPS) is 13.8. The van der Waals surface area contributed by atoms with Crippen LogP contribution in [0.25, 0.3) is 61.0 Å². The number of furan rings is 1. The summed E-state index contributed by atoms with van der Waals surface area (Å²) < 4.78 is 15.5. The Bertz CT molecular complexity index is 3030. The molecule has 0 atom stereocenters. The van der Waals surface area contributed by atoms with Gasteiger partial charge in [0.25, 0.3) is 0 Å². The van der Waals surface area contributed by atoms with E-state index >= 15 is 0 Å². The van der Waals surface area contributed by atoms with E-state index in [9.17, 15) is 0 Å². The van der Waals surface area contributed by atoms with E-state index in [1.165, 1.54) is 28.1 Å². The van der Waals surface area contributed by atoms with Gasteiger partial charge in [-0.1, -0.05) is 106 Å². The summed E-state index contributed by atoms with van der Waals surface area (Å²) in [6, 6.07) is 53.2. The second-order valence-corrected chi connectivity index (χ2v) is 17.3. The first kappa shape index (κ1) is 35.6. The van der Waals surface area contributed by atoms with Gasteiger partial charge < -0.3 is 19.0 Å². The maximum atomic E-state index is 6.83. The Balaban J connectivity index is 1.11. The van der Waals surface area contributed by atoms with Crippen LogP contribution in [-0.2, 0) is 5.41 Å². The fourth-order valence-electron chi connectivity index (χ4n) is 8.54. The third-order valence-electron chi connectivity index (χ3n) is 11.4. The number of rotatable bonds is 6. The third kappa shape index (κ3) is 5.99. The van der Waals surface area contributed by atoms with E-state index in [1.54, 1.807) is 0 Å². The van der Waals surface area contributed by atoms with Crippen molar-refractivity contribution in [3.05, 3.63) is 175 Å². The van der Waals surface area contributed by atoms with Gasteiger partial charge in [0.05, 0.1) is 29.1 Å². The van der Waals surface area contributed by atoms with Crippen LogP contribution in [0.3, 0.4) is 0 Å². The topological polar surface area (TPSA) is 46.7 Å². The van der Waals surface area contributed by atoms with Gasteiger partial charge in [0.1, 0.15) is 28.5 Å². The fraction of sp³-hybridized carbons (Fsp3) is 0.173. The van der Waals surface area contributed by atoms with Crippen molar-refractivity contribution in [2.45, 2.75) is 52.5 Å². The molecule has 0 N–H and O–H groups in total. The minimum Gasteiger partial charge on any atom is -0.457 e.